The Hall–Kier alpha value is -2.07. The zero-order chi connectivity index (χ0) is 17.5. The van der Waals surface area contributed by atoms with Crippen LogP contribution in [0.15, 0.2) is 17.0 Å². The van der Waals surface area contributed by atoms with Crippen LogP contribution in [0.5, 0.6) is 11.5 Å². The average Bonchev–Trinajstić information content (AvgIpc) is 2.46. The first-order valence-corrected chi connectivity index (χ1v) is 7.90. The molecular weight excluding hydrogens is 316 g/mol. The van der Waals surface area contributed by atoms with E-state index in [-0.39, 0.29) is 0 Å². The zero-order valence-corrected chi connectivity index (χ0v) is 14.9. The van der Waals surface area contributed by atoms with Crippen molar-refractivity contribution >= 4 is 17.9 Å². The van der Waals surface area contributed by atoms with Crippen molar-refractivity contribution in [3.63, 3.8) is 0 Å². The number of nitriles is 1. The van der Waals surface area contributed by atoms with Gasteiger partial charge in [0.15, 0.2) is 11.5 Å². The van der Waals surface area contributed by atoms with Crippen LogP contribution in [0.1, 0.15) is 26.3 Å². The van der Waals surface area contributed by atoms with Crippen molar-refractivity contribution in [2.45, 2.75) is 37.7 Å². The molecular formula is C16H22N2O4S. The van der Waals surface area contributed by atoms with Crippen LogP contribution in [-0.2, 0) is 11.2 Å². The first-order valence-electron chi connectivity index (χ1n) is 7.08. The fourth-order valence-electron chi connectivity index (χ4n) is 1.86. The fourth-order valence-corrected chi connectivity index (χ4v) is 2.41. The van der Waals surface area contributed by atoms with E-state index in [4.69, 9.17) is 19.5 Å². The van der Waals surface area contributed by atoms with E-state index in [2.05, 4.69) is 10.7 Å². The number of hydrogen-bond donors (Lipinski definition) is 1. The van der Waals surface area contributed by atoms with E-state index in [9.17, 15) is 4.79 Å². The first kappa shape index (κ1) is 19.0. The minimum Gasteiger partial charge on any atom is -0.493 e. The molecule has 0 atom stereocenters. The highest BCUT2D eigenvalue weighted by Gasteiger charge is 2.16. The number of carbonyl (C=O) groups is 1. The molecule has 0 aliphatic rings. The normalized spacial score (nSPS) is 10.6. The minimum absolute atomic E-state index is 0.392. The lowest BCUT2D eigenvalue weighted by molar-refractivity contribution is 0.0528. The molecule has 6 nitrogen and oxygen atoms in total. The van der Waals surface area contributed by atoms with Crippen molar-refractivity contribution < 1.29 is 19.0 Å². The second kappa shape index (κ2) is 8.53. The maximum absolute atomic E-state index is 11.6. The number of amides is 1. The Kier molecular flexibility index (Phi) is 7.04. The summed E-state index contributed by atoms with van der Waals surface area (Å²) < 4.78 is 15.7. The van der Waals surface area contributed by atoms with Crippen LogP contribution < -0.4 is 14.8 Å². The van der Waals surface area contributed by atoms with Crippen molar-refractivity contribution in [1.82, 2.24) is 5.32 Å². The standard InChI is InChI=1S/C16H22N2O4S/c1-16(2,3)22-15(19)18-7-6-11-8-12(20-4)13(21-5)9-14(11)23-10-17/h8-9H,6-7H2,1-5H3,(H,18,19). The average molecular weight is 338 g/mol. The monoisotopic (exact) mass is 338 g/mol. The molecule has 0 saturated carbocycles. The molecule has 0 bridgehead atoms. The SMILES string of the molecule is COc1cc(CCNC(=O)OC(C)(C)C)c(SC#N)cc1OC. The number of thiocyanates is 1. The van der Waals surface area contributed by atoms with Crippen LogP contribution in [0.3, 0.4) is 0 Å². The van der Waals surface area contributed by atoms with Crippen LogP contribution in [-0.4, -0.2) is 32.5 Å². The molecule has 7 heteroatoms. The summed E-state index contributed by atoms with van der Waals surface area (Å²) in [5.74, 6) is 1.15. The Labute approximate surface area is 141 Å². The van der Waals surface area contributed by atoms with Crippen molar-refractivity contribution in [2.75, 3.05) is 20.8 Å². The van der Waals surface area contributed by atoms with Gasteiger partial charge in [0.25, 0.3) is 0 Å². The van der Waals surface area contributed by atoms with Gasteiger partial charge in [-0.2, -0.15) is 5.26 Å². The number of thioether (sulfide) groups is 1. The second-order valence-electron chi connectivity index (χ2n) is 5.69. The number of hydrogen-bond acceptors (Lipinski definition) is 6. The molecule has 0 aromatic heterocycles. The Balaban J connectivity index is 2.79. The van der Waals surface area contributed by atoms with Gasteiger partial charge in [-0.15, -0.1) is 0 Å². The number of nitrogens with one attached hydrogen (secondary N) is 1. The van der Waals surface area contributed by atoms with Crippen LogP contribution in [0.25, 0.3) is 0 Å². The van der Waals surface area contributed by atoms with E-state index in [0.29, 0.717) is 24.5 Å². The lowest BCUT2D eigenvalue weighted by Gasteiger charge is -2.20. The molecule has 23 heavy (non-hydrogen) atoms. The summed E-state index contributed by atoms with van der Waals surface area (Å²) in [5.41, 5.74) is 0.361. The molecule has 1 amide bonds. The van der Waals surface area contributed by atoms with Gasteiger partial charge in [0, 0.05) is 11.4 Å². The van der Waals surface area contributed by atoms with Crippen LogP contribution >= 0.6 is 11.8 Å². The van der Waals surface area contributed by atoms with E-state index in [1.54, 1.807) is 20.3 Å². The first-order chi connectivity index (χ1) is 10.8. The summed E-state index contributed by atoms with van der Waals surface area (Å²) in [7, 11) is 3.10. The lowest BCUT2D eigenvalue weighted by Crippen LogP contribution is -2.33. The number of carbonyl (C=O) groups excluding carboxylic acids is 1. The van der Waals surface area contributed by atoms with Gasteiger partial charge in [-0.05, 0) is 56.7 Å². The van der Waals surface area contributed by atoms with Crippen LogP contribution in [0.4, 0.5) is 4.79 Å². The van der Waals surface area contributed by atoms with Gasteiger partial charge in [-0.1, -0.05) is 0 Å². The van der Waals surface area contributed by atoms with Gasteiger partial charge in [0.1, 0.15) is 11.0 Å². The molecule has 0 unspecified atom stereocenters. The van der Waals surface area contributed by atoms with E-state index < -0.39 is 11.7 Å². The molecule has 0 saturated heterocycles. The molecule has 0 radical (unpaired) electrons. The number of rotatable bonds is 6. The smallest absolute Gasteiger partial charge is 0.407 e. The summed E-state index contributed by atoms with van der Waals surface area (Å²) in [6.45, 7) is 5.82. The molecule has 0 aliphatic carbocycles. The van der Waals surface area contributed by atoms with E-state index in [0.717, 1.165) is 22.2 Å². The number of alkyl carbamates (subject to hydrolysis) is 1. The molecule has 1 aromatic rings. The highest BCUT2D eigenvalue weighted by molar-refractivity contribution is 8.03. The third kappa shape index (κ3) is 6.28. The Bertz CT molecular complexity index is 591. The van der Waals surface area contributed by atoms with Gasteiger partial charge in [-0.3, -0.25) is 0 Å². The summed E-state index contributed by atoms with van der Waals surface area (Å²) in [5, 5.41) is 13.7. The quantitative estimate of drug-likeness (QED) is 0.633. The number of benzene rings is 1. The van der Waals surface area contributed by atoms with Gasteiger partial charge < -0.3 is 19.5 Å². The predicted molar refractivity (Wildman–Crippen MR) is 89.0 cm³/mol. The van der Waals surface area contributed by atoms with Crippen LogP contribution in [0.2, 0.25) is 0 Å². The number of methoxy groups -OCH3 is 2. The topological polar surface area (TPSA) is 80.6 Å². The molecule has 1 rings (SSSR count). The van der Waals surface area contributed by atoms with Crippen LogP contribution in [0, 0.1) is 10.7 Å². The van der Waals surface area contributed by atoms with Gasteiger partial charge >= 0.3 is 6.09 Å². The highest BCUT2D eigenvalue weighted by Crippen LogP contribution is 2.35. The molecule has 0 spiro atoms. The third-order valence-corrected chi connectivity index (χ3v) is 3.48. The second-order valence-corrected chi connectivity index (χ2v) is 6.51. The summed E-state index contributed by atoms with van der Waals surface area (Å²) in [6.07, 6.45) is 0.0799. The summed E-state index contributed by atoms with van der Waals surface area (Å²) in [6, 6.07) is 3.57. The summed E-state index contributed by atoms with van der Waals surface area (Å²) >= 11 is 1.05. The Morgan fingerprint density at radius 2 is 1.87 bits per heavy atom. The Morgan fingerprint density at radius 1 is 1.26 bits per heavy atom. The van der Waals surface area contributed by atoms with E-state index in [1.807, 2.05) is 26.8 Å². The van der Waals surface area contributed by atoms with E-state index >= 15 is 0 Å². The number of ether oxygens (including phenoxy) is 3. The molecule has 0 aliphatic heterocycles. The maximum atomic E-state index is 11.6. The fraction of sp³-hybridized carbons (Fsp3) is 0.500. The molecule has 126 valence electrons. The Morgan fingerprint density at radius 3 is 2.39 bits per heavy atom. The molecule has 0 fully saturated rings. The number of nitrogens with zero attached hydrogens (tertiary/aromatic N) is 1. The predicted octanol–water partition coefficient (Wildman–Crippen LogP) is 3.34. The minimum atomic E-state index is -0.533. The van der Waals surface area contributed by atoms with Crippen molar-refractivity contribution in [3.05, 3.63) is 17.7 Å². The lowest BCUT2D eigenvalue weighted by atomic mass is 10.1. The maximum Gasteiger partial charge on any atom is 0.407 e. The van der Waals surface area contributed by atoms with Crippen molar-refractivity contribution in [3.8, 4) is 16.9 Å². The van der Waals surface area contributed by atoms with Crippen molar-refractivity contribution in [2.24, 2.45) is 0 Å². The molecule has 1 aromatic carbocycles. The molecule has 1 N–H and O–H groups in total. The van der Waals surface area contributed by atoms with Gasteiger partial charge in [0.05, 0.1) is 14.2 Å². The summed E-state index contributed by atoms with van der Waals surface area (Å²) in [4.78, 5) is 12.4. The third-order valence-electron chi connectivity index (χ3n) is 2.78. The van der Waals surface area contributed by atoms with Gasteiger partial charge in [-0.25, -0.2) is 4.79 Å². The van der Waals surface area contributed by atoms with E-state index in [1.165, 1.54) is 0 Å². The van der Waals surface area contributed by atoms with Crippen molar-refractivity contribution in [1.29, 1.82) is 5.26 Å². The molecule has 0 heterocycles. The zero-order valence-electron chi connectivity index (χ0n) is 14.1. The van der Waals surface area contributed by atoms with Gasteiger partial charge in [0.2, 0.25) is 0 Å². The highest BCUT2D eigenvalue weighted by atomic mass is 32.2. The largest absolute Gasteiger partial charge is 0.493 e.